The van der Waals surface area contributed by atoms with Gasteiger partial charge >= 0.3 is 0 Å². The highest BCUT2D eigenvalue weighted by molar-refractivity contribution is 5.91. The number of nitrogens with zero attached hydrogens (tertiary/aromatic N) is 2. The molecule has 1 aromatic carbocycles. The Kier molecular flexibility index (Phi) is 6.65. The Hall–Kier alpha value is -2.87. The summed E-state index contributed by atoms with van der Waals surface area (Å²) >= 11 is 0. The van der Waals surface area contributed by atoms with Crippen molar-refractivity contribution >= 4 is 17.5 Å². The topological polar surface area (TPSA) is 75.0 Å². The highest BCUT2D eigenvalue weighted by Gasteiger charge is 2.21. The van der Waals surface area contributed by atoms with E-state index in [2.05, 4.69) is 10.2 Å². The van der Waals surface area contributed by atoms with Crippen molar-refractivity contribution in [3.63, 3.8) is 0 Å². The molecule has 3 rings (SSSR count). The van der Waals surface area contributed by atoms with Crippen LogP contribution in [0.1, 0.15) is 22.7 Å². The van der Waals surface area contributed by atoms with E-state index in [0.29, 0.717) is 38.5 Å². The van der Waals surface area contributed by atoms with Gasteiger partial charge in [0, 0.05) is 51.9 Å². The Balaban J connectivity index is 1.39. The maximum atomic E-state index is 13.0. The number of amides is 2. The van der Waals surface area contributed by atoms with Crippen molar-refractivity contribution in [2.24, 2.45) is 0 Å². The Morgan fingerprint density at radius 1 is 1.11 bits per heavy atom. The zero-order chi connectivity index (χ0) is 19.9. The van der Waals surface area contributed by atoms with Crippen molar-refractivity contribution in [1.82, 2.24) is 10.2 Å². The fraction of sp³-hybridized carbons (Fsp3) is 0.400. The van der Waals surface area contributed by atoms with Gasteiger partial charge in [-0.25, -0.2) is 4.39 Å². The summed E-state index contributed by atoms with van der Waals surface area (Å²) in [7, 11) is 1.55. The third-order valence-corrected chi connectivity index (χ3v) is 4.62. The quantitative estimate of drug-likeness (QED) is 0.784. The van der Waals surface area contributed by atoms with E-state index in [1.807, 2.05) is 0 Å². The fourth-order valence-electron chi connectivity index (χ4n) is 3.11. The molecule has 2 amide bonds. The minimum Gasteiger partial charge on any atom is -0.453 e. The molecule has 1 fully saturated rings. The molecule has 0 aliphatic carbocycles. The van der Waals surface area contributed by atoms with Crippen LogP contribution in [0, 0.1) is 5.82 Å². The van der Waals surface area contributed by atoms with Crippen molar-refractivity contribution in [3.05, 3.63) is 53.7 Å². The lowest BCUT2D eigenvalue weighted by atomic mass is 10.2. The number of benzene rings is 1. The van der Waals surface area contributed by atoms with Crippen LogP contribution in [0.2, 0.25) is 0 Å². The Morgan fingerprint density at radius 2 is 1.82 bits per heavy atom. The smallest absolute Gasteiger partial charge is 0.287 e. The van der Waals surface area contributed by atoms with E-state index in [0.717, 1.165) is 5.69 Å². The number of nitrogens with one attached hydrogen (secondary N) is 1. The molecule has 7 nitrogen and oxygen atoms in total. The lowest BCUT2D eigenvalue weighted by Crippen LogP contribution is -2.49. The van der Waals surface area contributed by atoms with Crippen molar-refractivity contribution in [1.29, 1.82) is 0 Å². The number of hydrogen-bond donors (Lipinski definition) is 1. The molecule has 0 atom stereocenters. The molecule has 28 heavy (non-hydrogen) atoms. The molecule has 1 saturated heterocycles. The van der Waals surface area contributed by atoms with Gasteiger partial charge in [-0.1, -0.05) is 0 Å². The van der Waals surface area contributed by atoms with Crippen LogP contribution in [0.3, 0.4) is 0 Å². The third-order valence-electron chi connectivity index (χ3n) is 4.62. The molecule has 0 bridgehead atoms. The lowest BCUT2D eigenvalue weighted by Gasteiger charge is -2.36. The Morgan fingerprint density at radius 3 is 2.50 bits per heavy atom. The van der Waals surface area contributed by atoms with E-state index in [4.69, 9.17) is 9.15 Å². The first kappa shape index (κ1) is 19.9. The maximum absolute atomic E-state index is 13.0. The van der Waals surface area contributed by atoms with Gasteiger partial charge in [-0.2, -0.15) is 0 Å². The highest BCUT2D eigenvalue weighted by atomic mass is 19.1. The van der Waals surface area contributed by atoms with Crippen molar-refractivity contribution < 1.29 is 23.1 Å². The van der Waals surface area contributed by atoms with E-state index >= 15 is 0 Å². The van der Waals surface area contributed by atoms with E-state index in [-0.39, 0.29) is 36.4 Å². The molecular formula is C20H24FN3O4. The van der Waals surface area contributed by atoms with Gasteiger partial charge in [-0.3, -0.25) is 9.59 Å². The summed E-state index contributed by atoms with van der Waals surface area (Å²) in [6, 6.07) is 9.63. The normalized spacial score (nSPS) is 14.2. The number of methoxy groups -OCH3 is 1. The van der Waals surface area contributed by atoms with Gasteiger partial charge in [0.2, 0.25) is 5.91 Å². The predicted molar refractivity (Wildman–Crippen MR) is 102 cm³/mol. The van der Waals surface area contributed by atoms with Gasteiger partial charge in [0.15, 0.2) is 5.76 Å². The van der Waals surface area contributed by atoms with Gasteiger partial charge in [0.05, 0.1) is 0 Å². The number of ether oxygens (including phenoxy) is 1. The van der Waals surface area contributed by atoms with Crippen LogP contribution in [0.5, 0.6) is 0 Å². The van der Waals surface area contributed by atoms with Crippen molar-refractivity contribution in [2.45, 2.75) is 13.0 Å². The molecule has 1 aliphatic rings. The van der Waals surface area contributed by atoms with Crippen LogP contribution < -0.4 is 10.2 Å². The highest BCUT2D eigenvalue weighted by Crippen LogP contribution is 2.17. The molecule has 1 aromatic heterocycles. The minimum absolute atomic E-state index is 0.00132. The minimum atomic E-state index is -0.351. The fourth-order valence-corrected chi connectivity index (χ4v) is 3.11. The SMILES string of the molecule is COCc1ccc(C(=O)NCCC(=O)N2CCN(c3ccc(F)cc3)CC2)o1. The number of halogens is 1. The summed E-state index contributed by atoms with van der Waals surface area (Å²) in [5, 5.41) is 2.70. The lowest BCUT2D eigenvalue weighted by molar-refractivity contribution is -0.131. The summed E-state index contributed by atoms with van der Waals surface area (Å²) in [6.07, 6.45) is 0.230. The van der Waals surface area contributed by atoms with E-state index in [9.17, 15) is 14.0 Å². The summed E-state index contributed by atoms with van der Waals surface area (Å²) in [4.78, 5) is 28.3. The molecule has 1 aliphatic heterocycles. The largest absolute Gasteiger partial charge is 0.453 e. The van der Waals surface area contributed by atoms with Crippen LogP contribution in [0.15, 0.2) is 40.8 Å². The van der Waals surface area contributed by atoms with E-state index in [1.165, 1.54) is 12.1 Å². The molecule has 0 saturated carbocycles. The second kappa shape index (κ2) is 9.36. The average Bonchev–Trinajstić information content (AvgIpc) is 3.18. The van der Waals surface area contributed by atoms with Crippen molar-refractivity contribution in [3.8, 4) is 0 Å². The molecule has 150 valence electrons. The number of anilines is 1. The summed E-state index contributed by atoms with van der Waals surface area (Å²) in [6.45, 7) is 3.13. The standard InChI is InChI=1S/C20H24FN3O4/c1-27-14-17-6-7-18(28-17)20(26)22-9-8-19(25)24-12-10-23(11-13-24)16-4-2-15(21)3-5-16/h2-7H,8-14H2,1H3,(H,22,26). The predicted octanol–water partition coefficient (Wildman–Crippen LogP) is 2.03. The van der Waals surface area contributed by atoms with Crippen LogP contribution in [-0.2, 0) is 16.1 Å². The maximum Gasteiger partial charge on any atom is 0.287 e. The molecule has 0 spiro atoms. The molecule has 1 N–H and O–H groups in total. The zero-order valence-electron chi connectivity index (χ0n) is 15.8. The molecule has 8 heteroatoms. The number of furan rings is 1. The molecule has 2 aromatic rings. The second-order valence-electron chi connectivity index (χ2n) is 6.55. The Labute approximate surface area is 163 Å². The number of hydrogen-bond acceptors (Lipinski definition) is 5. The Bertz CT molecular complexity index is 798. The van der Waals surface area contributed by atoms with Gasteiger partial charge < -0.3 is 24.3 Å². The third kappa shape index (κ3) is 5.10. The average molecular weight is 389 g/mol. The summed E-state index contributed by atoms with van der Waals surface area (Å²) in [5.74, 6) is 0.161. The molecule has 0 radical (unpaired) electrons. The van der Waals surface area contributed by atoms with Gasteiger partial charge in [-0.05, 0) is 36.4 Å². The first-order valence-electron chi connectivity index (χ1n) is 9.21. The second-order valence-corrected chi connectivity index (χ2v) is 6.55. The zero-order valence-corrected chi connectivity index (χ0v) is 15.8. The molecular weight excluding hydrogens is 365 g/mol. The first-order chi connectivity index (χ1) is 13.6. The van der Waals surface area contributed by atoms with Gasteiger partial charge in [0.1, 0.15) is 18.2 Å². The number of piperazine rings is 1. The summed E-state index contributed by atoms with van der Waals surface area (Å²) in [5.41, 5.74) is 0.951. The van der Waals surface area contributed by atoms with E-state index in [1.54, 1.807) is 36.3 Å². The monoisotopic (exact) mass is 389 g/mol. The number of carbonyl (C=O) groups excluding carboxylic acids is 2. The summed E-state index contributed by atoms with van der Waals surface area (Å²) < 4.78 is 23.3. The first-order valence-corrected chi connectivity index (χ1v) is 9.21. The van der Waals surface area contributed by atoms with Gasteiger partial charge in [-0.15, -0.1) is 0 Å². The van der Waals surface area contributed by atoms with Gasteiger partial charge in [0.25, 0.3) is 5.91 Å². The number of rotatable bonds is 7. The van der Waals surface area contributed by atoms with Crippen LogP contribution >= 0.6 is 0 Å². The van der Waals surface area contributed by atoms with E-state index < -0.39 is 0 Å². The number of carbonyl (C=O) groups is 2. The molecule has 2 heterocycles. The van der Waals surface area contributed by atoms with Crippen LogP contribution in [0.4, 0.5) is 10.1 Å². The van der Waals surface area contributed by atoms with Crippen LogP contribution in [-0.4, -0.2) is 56.5 Å². The van der Waals surface area contributed by atoms with Crippen molar-refractivity contribution in [2.75, 3.05) is 44.7 Å². The van der Waals surface area contributed by atoms with Crippen LogP contribution in [0.25, 0.3) is 0 Å². The molecule has 0 unspecified atom stereocenters.